The Labute approximate surface area is 106 Å². The molecule has 2 aromatic rings. The Morgan fingerprint density at radius 1 is 1.44 bits per heavy atom. The Balaban J connectivity index is 2.78. The highest BCUT2D eigenvalue weighted by atomic mass is 16.1. The van der Waals surface area contributed by atoms with Gasteiger partial charge in [0.1, 0.15) is 5.65 Å². The fraction of sp³-hybridized carbons (Fsp3) is 0.462. The molecule has 0 amide bonds. The van der Waals surface area contributed by atoms with E-state index in [1.54, 1.807) is 10.8 Å². The maximum atomic E-state index is 12.2. The second kappa shape index (κ2) is 4.76. The Morgan fingerprint density at radius 2 is 2.17 bits per heavy atom. The van der Waals surface area contributed by atoms with Crippen LogP contribution in [0.3, 0.4) is 0 Å². The second-order valence-electron chi connectivity index (χ2n) is 4.60. The standard InChI is InChI=1S/C13H18N4O/c1-5-14-13-15-7-10-6-9(4)12(18)17(8(2)3)11(10)16-13/h6-8H,5H2,1-4H3,(H,14,15,16). The van der Waals surface area contributed by atoms with Crippen molar-refractivity contribution in [3.8, 4) is 0 Å². The molecule has 0 atom stereocenters. The zero-order valence-corrected chi connectivity index (χ0v) is 11.2. The first kappa shape index (κ1) is 12.5. The van der Waals surface area contributed by atoms with Crippen LogP contribution in [-0.2, 0) is 0 Å². The topological polar surface area (TPSA) is 59.8 Å². The third-order valence-corrected chi connectivity index (χ3v) is 2.80. The van der Waals surface area contributed by atoms with Crippen LogP contribution in [-0.4, -0.2) is 21.1 Å². The van der Waals surface area contributed by atoms with Crippen LogP contribution in [0.5, 0.6) is 0 Å². The zero-order valence-electron chi connectivity index (χ0n) is 11.2. The number of anilines is 1. The van der Waals surface area contributed by atoms with Crippen LogP contribution in [0.1, 0.15) is 32.4 Å². The molecule has 96 valence electrons. The van der Waals surface area contributed by atoms with Crippen LogP contribution in [0, 0.1) is 6.92 Å². The van der Waals surface area contributed by atoms with E-state index in [0.29, 0.717) is 11.6 Å². The van der Waals surface area contributed by atoms with E-state index >= 15 is 0 Å². The van der Waals surface area contributed by atoms with Gasteiger partial charge in [0.15, 0.2) is 0 Å². The van der Waals surface area contributed by atoms with Gasteiger partial charge < -0.3 is 5.32 Å². The minimum absolute atomic E-state index is 0.0126. The number of nitrogens with zero attached hydrogens (tertiary/aromatic N) is 3. The average Bonchev–Trinajstić information content (AvgIpc) is 2.31. The van der Waals surface area contributed by atoms with E-state index in [1.807, 2.05) is 33.8 Å². The van der Waals surface area contributed by atoms with Crippen LogP contribution >= 0.6 is 0 Å². The number of aryl methyl sites for hydroxylation is 1. The Morgan fingerprint density at radius 3 is 2.78 bits per heavy atom. The molecule has 1 N–H and O–H groups in total. The van der Waals surface area contributed by atoms with Crippen LogP contribution in [0.25, 0.3) is 11.0 Å². The fourth-order valence-corrected chi connectivity index (χ4v) is 1.98. The highest BCUT2D eigenvalue weighted by Crippen LogP contribution is 2.15. The van der Waals surface area contributed by atoms with E-state index in [4.69, 9.17) is 0 Å². The normalized spacial score (nSPS) is 11.2. The minimum Gasteiger partial charge on any atom is -0.354 e. The fourth-order valence-electron chi connectivity index (χ4n) is 1.98. The van der Waals surface area contributed by atoms with Gasteiger partial charge in [0.25, 0.3) is 5.56 Å². The van der Waals surface area contributed by atoms with Crippen molar-refractivity contribution in [2.24, 2.45) is 0 Å². The van der Waals surface area contributed by atoms with Crippen LogP contribution in [0.2, 0.25) is 0 Å². The van der Waals surface area contributed by atoms with Crippen molar-refractivity contribution in [2.45, 2.75) is 33.7 Å². The lowest BCUT2D eigenvalue weighted by Gasteiger charge is -2.14. The molecule has 0 aliphatic heterocycles. The Hall–Kier alpha value is -1.91. The molecule has 0 fully saturated rings. The Kier molecular flexibility index (Phi) is 3.32. The SMILES string of the molecule is CCNc1ncc2cc(C)c(=O)n(C(C)C)c2n1. The van der Waals surface area contributed by atoms with Gasteiger partial charge in [-0.1, -0.05) is 0 Å². The molecule has 0 unspecified atom stereocenters. The average molecular weight is 246 g/mol. The van der Waals surface area contributed by atoms with E-state index in [2.05, 4.69) is 15.3 Å². The lowest BCUT2D eigenvalue weighted by molar-refractivity contribution is 0.592. The lowest BCUT2D eigenvalue weighted by Crippen LogP contribution is -2.25. The second-order valence-corrected chi connectivity index (χ2v) is 4.60. The first-order chi connectivity index (χ1) is 8.54. The van der Waals surface area contributed by atoms with E-state index in [9.17, 15) is 4.79 Å². The number of rotatable bonds is 3. The van der Waals surface area contributed by atoms with Crippen molar-refractivity contribution in [3.05, 3.63) is 28.2 Å². The highest BCUT2D eigenvalue weighted by molar-refractivity contribution is 5.76. The monoisotopic (exact) mass is 246 g/mol. The minimum atomic E-state index is 0.0126. The van der Waals surface area contributed by atoms with Gasteiger partial charge in [-0.2, -0.15) is 4.98 Å². The van der Waals surface area contributed by atoms with Gasteiger partial charge >= 0.3 is 0 Å². The van der Waals surface area contributed by atoms with Gasteiger partial charge in [-0.05, 0) is 33.8 Å². The van der Waals surface area contributed by atoms with Crippen LogP contribution in [0.15, 0.2) is 17.1 Å². The van der Waals surface area contributed by atoms with Crippen LogP contribution < -0.4 is 10.9 Å². The van der Waals surface area contributed by atoms with Crippen molar-refractivity contribution in [1.82, 2.24) is 14.5 Å². The van der Waals surface area contributed by atoms with Gasteiger partial charge in [-0.15, -0.1) is 0 Å². The van der Waals surface area contributed by atoms with Crippen molar-refractivity contribution in [2.75, 3.05) is 11.9 Å². The van der Waals surface area contributed by atoms with Gasteiger partial charge in [-0.25, -0.2) is 4.98 Å². The predicted molar refractivity (Wildman–Crippen MR) is 73.1 cm³/mol. The van der Waals surface area contributed by atoms with E-state index in [1.165, 1.54) is 0 Å². The smallest absolute Gasteiger partial charge is 0.255 e. The van der Waals surface area contributed by atoms with E-state index < -0.39 is 0 Å². The maximum absolute atomic E-state index is 12.2. The van der Waals surface area contributed by atoms with E-state index in [0.717, 1.165) is 17.5 Å². The summed E-state index contributed by atoms with van der Waals surface area (Å²) >= 11 is 0. The Bertz CT molecular complexity index is 631. The first-order valence-corrected chi connectivity index (χ1v) is 6.17. The summed E-state index contributed by atoms with van der Waals surface area (Å²) in [6.45, 7) is 8.52. The zero-order chi connectivity index (χ0) is 13.3. The molecule has 0 radical (unpaired) electrons. The number of pyridine rings is 1. The quantitative estimate of drug-likeness (QED) is 0.901. The molecule has 0 aromatic carbocycles. The van der Waals surface area contributed by atoms with Gasteiger partial charge in [0.2, 0.25) is 5.95 Å². The number of nitrogens with one attached hydrogen (secondary N) is 1. The number of hydrogen-bond acceptors (Lipinski definition) is 4. The van der Waals surface area contributed by atoms with Crippen molar-refractivity contribution in [3.63, 3.8) is 0 Å². The molecule has 0 saturated carbocycles. The van der Waals surface area contributed by atoms with Gasteiger partial charge in [-0.3, -0.25) is 9.36 Å². The van der Waals surface area contributed by atoms with Gasteiger partial charge in [0, 0.05) is 29.7 Å². The molecule has 0 spiro atoms. The summed E-state index contributed by atoms with van der Waals surface area (Å²) in [5.41, 5.74) is 1.42. The molecule has 18 heavy (non-hydrogen) atoms. The molecule has 5 nitrogen and oxygen atoms in total. The molecule has 5 heteroatoms. The summed E-state index contributed by atoms with van der Waals surface area (Å²) in [4.78, 5) is 20.8. The lowest BCUT2D eigenvalue weighted by atomic mass is 10.2. The molecule has 2 heterocycles. The summed E-state index contributed by atoms with van der Waals surface area (Å²) in [5, 5.41) is 3.95. The molecule has 2 rings (SSSR count). The van der Waals surface area contributed by atoms with Crippen molar-refractivity contribution < 1.29 is 0 Å². The molecular weight excluding hydrogens is 228 g/mol. The third kappa shape index (κ3) is 2.08. The van der Waals surface area contributed by atoms with Crippen molar-refractivity contribution >= 4 is 17.0 Å². The summed E-state index contributed by atoms with van der Waals surface area (Å²) in [7, 11) is 0. The highest BCUT2D eigenvalue weighted by Gasteiger charge is 2.11. The molecular formula is C13H18N4O. The molecule has 0 aliphatic carbocycles. The number of fused-ring (bicyclic) bond motifs is 1. The number of hydrogen-bond donors (Lipinski definition) is 1. The number of aromatic nitrogens is 3. The summed E-state index contributed by atoms with van der Waals surface area (Å²) in [6.07, 6.45) is 1.76. The summed E-state index contributed by atoms with van der Waals surface area (Å²) < 4.78 is 1.72. The summed E-state index contributed by atoms with van der Waals surface area (Å²) in [6, 6.07) is 1.91. The molecule has 0 bridgehead atoms. The van der Waals surface area contributed by atoms with Crippen LogP contribution in [0.4, 0.5) is 5.95 Å². The largest absolute Gasteiger partial charge is 0.354 e. The predicted octanol–water partition coefficient (Wildman–Crippen LogP) is 2.11. The maximum Gasteiger partial charge on any atom is 0.255 e. The first-order valence-electron chi connectivity index (χ1n) is 6.17. The molecule has 0 aliphatic rings. The third-order valence-electron chi connectivity index (χ3n) is 2.80. The summed E-state index contributed by atoms with van der Waals surface area (Å²) in [5.74, 6) is 0.558. The molecule has 2 aromatic heterocycles. The van der Waals surface area contributed by atoms with Gasteiger partial charge in [0.05, 0.1) is 0 Å². The van der Waals surface area contributed by atoms with Crippen molar-refractivity contribution in [1.29, 1.82) is 0 Å². The van der Waals surface area contributed by atoms with E-state index in [-0.39, 0.29) is 11.6 Å². The molecule has 0 saturated heterocycles.